The molecule has 0 saturated carbocycles. The first-order chi connectivity index (χ1) is 12.1. The second-order valence-corrected chi connectivity index (χ2v) is 6.81. The smallest absolute Gasteiger partial charge is 0.223 e. The van der Waals surface area contributed by atoms with Crippen LogP contribution in [0.25, 0.3) is 0 Å². The van der Waals surface area contributed by atoms with E-state index in [1.807, 2.05) is 24.0 Å². The fourth-order valence-corrected chi connectivity index (χ4v) is 3.15. The van der Waals surface area contributed by atoms with Crippen LogP contribution in [0.15, 0.2) is 24.3 Å². The number of likely N-dealkylation sites (tertiary alicyclic amines) is 1. The predicted octanol–water partition coefficient (Wildman–Crippen LogP) is 2.67. The van der Waals surface area contributed by atoms with Crippen LogP contribution in [0, 0.1) is 19.8 Å². The molecule has 1 N–H and O–H groups in total. The van der Waals surface area contributed by atoms with Crippen molar-refractivity contribution in [1.29, 1.82) is 0 Å². The molecule has 3 rings (SSSR count). The van der Waals surface area contributed by atoms with Crippen molar-refractivity contribution in [1.82, 2.24) is 20.1 Å². The van der Waals surface area contributed by atoms with Gasteiger partial charge in [-0.1, -0.05) is 17.7 Å². The van der Waals surface area contributed by atoms with Crippen LogP contribution in [0.2, 0.25) is 0 Å². The Bertz CT molecular complexity index is 696. The molecule has 0 bridgehead atoms. The van der Waals surface area contributed by atoms with Gasteiger partial charge in [0.2, 0.25) is 5.91 Å². The molecule has 1 aliphatic rings. The molecule has 6 heteroatoms. The van der Waals surface area contributed by atoms with E-state index < -0.39 is 0 Å². The number of nitrogens with one attached hydrogen (secondary N) is 1. The maximum absolute atomic E-state index is 12.5. The molecule has 2 aromatic rings. The molecule has 25 heavy (non-hydrogen) atoms. The van der Waals surface area contributed by atoms with E-state index in [2.05, 4.69) is 34.2 Å². The number of hydrogen-bond donors (Lipinski definition) is 1. The zero-order valence-electron chi connectivity index (χ0n) is 15.0. The van der Waals surface area contributed by atoms with E-state index in [4.69, 9.17) is 4.74 Å². The van der Waals surface area contributed by atoms with E-state index in [0.717, 1.165) is 37.5 Å². The maximum atomic E-state index is 12.5. The van der Waals surface area contributed by atoms with Crippen molar-refractivity contribution in [2.75, 3.05) is 19.7 Å². The van der Waals surface area contributed by atoms with Crippen LogP contribution in [-0.4, -0.2) is 45.7 Å². The van der Waals surface area contributed by atoms with Crippen molar-refractivity contribution in [3.63, 3.8) is 0 Å². The fourth-order valence-electron chi connectivity index (χ4n) is 3.15. The number of nitrogens with zero attached hydrogens (tertiary/aromatic N) is 3. The molecule has 1 fully saturated rings. The first-order valence-corrected chi connectivity index (χ1v) is 8.95. The van der Waals surface area contributed by atoms with Crippen molar-refractivity contribution >= 4 is 5.91 Å². The highest BCUT2D eigenvalue weighted by molar-refractivity contribution is 5.76. The summed E-state index contributed by atoms with van der Waals surface area (Å²) >= 11 is 0. The zero-order chi connectivity index (χ0) is 17.6. The minimum absolute atomic E-state index is 0.183. The number of H-pyrrole nitrogens is 1. The number of rotatable bonds is 6. The molecular formula is C19H26N4O2. The molecule has 0 radical (unpaired) electrons. The summed E-state index contributed by atoms with van der Waals surface area (Å²) in [5.74, 6) is 2.97. The lowest BCUT2D eigenvalue weighted by atomic mass is 9.98. The summed E-state index contributed by atoms with van der Waals surface area (Å²) in [5.41, 5.74) is 1.23. The molecule has 1 aliphatic heterocycles. The lowest BCUT2D eigenvalue weighted by molar-refractivity contribution is -0.133. The van der Waals surface area contributed by atoms with Crippen LogP contribution in [0.4, 0.5) is 0 Å². The van der Waals surface area contributed by atoms with Crippen molar-refractivity contribution < 1.29 is 9.53 Å². The third-order valence-corrected chi connectivity index (χ3v) is 4.58. The van der Waals surface area contributed by atoms with Gasteiger partial charge in [-0.05, 0) is 38.8 Å². The lowest BCUT2D eigenvalue weighted by Gasteiger charge is -2.32. The van der Waals surface area contributed by atoms with Crippen LogP contribution < -0.4 is 4.74 Å². The first kappa shape index (κ1) is 17.5. The Hall–Kier alpha value is -2.37. The number of ether oxygens (including phenoxy) is 1. The molecular weight excluding hydrogens is 316 g/mol. The number of aromatic amines is 1. The Labute approximate surface area is 148 Å². The van der Waals surface area contributed by atoms with Gasteiger partial charge in [0.25, 0.3) is 0 Å². The van der Waals surface area contributed by atoms with Gasteiger partial charge in [0, 0.05) is 31.8 Å². The summed E-state index contributed by atoms with van der Waals surface area (Å²) < 4.78 is 5.90. The SMILES string of the molecule is Cc1ccc(OC[C@H]2CCCN(C(=O)CCc3n[nH]c(C)n3)C2)cc1. The molecule has 2 heterocycles. The molecule has 134 valence electrons. The number of aromatic nitrogens is 3. The second kappa shape index (κ2) is 8.14. The van der Waals surface area contributed by atoms with Crippen LogP contribution in [0.5, 0.6) is 5.75 Å². The summed E-state index contributed by atoms with van der Waals surface area (Å²) in [6.45, 7) is 6.20. The topological polar surface area (TPSA) is 71.1 Å². The Balaban J connectivity index is 1.45. The van der Waals surface area contributed by atoms with Crippen LogP contribution in [0.1, 0.15) is 36.5 Å². The minimum atomic E-state index is 0.183. The quantitative estimate of drug-likeness (QED) is 0.876. The monoisotopic (exact) mass is 342 g/mol. The number of amides is 1. The third kappa shape index (κ3) is 5.05. The first-order valence-electron chi connectivity index (χ1n) is 8.95. The lowest BCUT2D eigenvalue weighted by Crippen LogP contribution is -2.41. The molecule has 1 aromatic heterocycles. The molecule has 1 atom stereocenters. The molecule has 0 aliphatic carbocycles. The average molecular weight is 342 g/mol. The summed E-state index contributed by atoms with van der Waals surface area (Å²) in [5, 5.41) is 6.90. The Morgan fingerprint density at radius 1 is 1.32 bits per heavy atom. The predicted molar refractivity (Wildman–Crippen MR) is 95.4 cm³/mol. The van der Waals surface area contributed by atoms with Gasteiger partial charge in [-0.25, -0.2) is 4.98 Å². The largest absolute Gasteiger partial charge is 0.493 e. The highest BCUT2D eigenvalue weighted by Crippen LogP contribution is 2.20. The van der Waals surface area contributed by atoms with Crippen molar-refractivity contribution in [3.05, 3.63) is 41.5 Å². The van der Waals surface area contributed by atoms with Gasteiger partial charge < -0.3 is 9.64 Å². The average Bonchev–Trinajstić information content (AvgIpc) is 3.05. The van der Waals surface area contributed by atoms with Gasteiger partial charge in [-0.3, -0.25) is 9.89 Å². The summed E-state index contributed by atoms with van der Waals surface area (Å²) in [6, 6.07) is 8.10. The molecule has 6 nitrogen and oxygen atoms in total. The number of piperidine rings is 1. The highest BCUT2D eigenvalue weighted by atomic mass is 16.5. The third-order valence-electron chi connectivity index (χ3n) is 4.58. The van der Waals surface area contributed by atoms with Gasteiger partial charge in [-0.2, -0.15) is 5.10 Å². The fraction of sp³-hybridized carbons (Fsp3) is 0.526. The molecule has 0 spiro atoms. The van der Waals surface area contributed by atoms with Gasteiger partial charge >= 0.3 is 0 Å². The Morgan fingerprint density at radius 2 is 2.12 bits per heavy atom. The zero-order valence-corrected chi connectivity index (χ0v) is 15.0. The van der Waals surface area contributed by atoms with E-state index in [0.29, 0.717) is 31.2 Å². The van der Waals surface area contributed by atoms with E-state index >= 15 is 0 Å². The van der Waals surface area contributed by atoms with Crippen LogP contribution >= 0.6 is 0 Å². The highest BCUT2D eigenvalue weighted by Gasteiger charge is 2.24. The molecule has 1 saturated heterocycles. The number of carbonyl (C=O) groups excluding carboxylic acids is 1. The van der Waals surface area contributed by atoms with Gasteiger partial charge in [-0.15, -0.1) is 0 Å². The summed E-state index contributed by atoms with van der Waals surface area (Å²) in [7, 11) is 0. The van der Waals surface area contributed by atoms with Gasteiger partial charge in [0.05, 0.1) is 6.61 Å². The van der Waals surface area contributed by atoms with Crippen molar-refractivity contribution in [2.45, 2.75) is 39.5 Å². The van der Waals surface area contributed by atoms with Crippen LogP contribution in [0.3, 0.4) is 0 Å². The summed E-state index contributed by atoms with van der Waals surface area (Å²) in [6.07, 6.45) is 3.19. The summed E-state index contributed by atoms with van der Waals surface area (Å²) in [4.78, 5) is 18.7. The van der Waals surface area contributed by atoms with E-state index in [1.165, 1.54) is 5.56 Å². The van der Waals surface area contributed by atoms with E-state index in [9.17, 15) is 4.79 Å². The Kier molecular flexibility index (Phi) is 5.68. The van der Waals surface area contributed by atoms with Crippen LogP contribution in [-0.2, 0) is 11.2 Å². The minimum Gasteiger partial charge on any atom is -0.493 e. The van der Waals surface area contributed by atoms with Crippen molar-refractivity contribution in [3.8, 4) is 5.75 Å². The van der Waals surface area contributed by atoms with Gasteiger partial charge in [0.1, 0.15) is 11.6 Å². The number of carbonyl (C=O) groups is 1. The number of aryl methyl sites for hydroxylation is 3. The standard InChI is InChI=1S/C19H26N4O2/c1-14-5-7-17(8-6-14)25-13-16-4-3-11-23(12-16)19(24)10-9-18-20-15(2)21-22-18/h5-8,16H,3-4,9-13H2,1-2H3,(H,20,21,22)/t16-/m0/s1. The molecule has 0 unspecified atom stereocenters. The molecule has 1 amide bonds. The van der Waals surface area contributed by atoms with E-state index in [-0.39, 0.29) is 5.91 Å². The number of hydrogen-bond acceptors (Lipinski definition) is 4. The van der Waals surface area contributed by atoms with Crippen molar-refractivity contribution in [2.24, 2.45) is 5.92 Å². The number of benzene rings is 1. The maximum Gasteiger partial charge on any atom is 0.223 e. The molecule has 1 aromatic carbocycles. The van der Waals surface area contributed by atoms with Gasteiger partial charge in [0.15, 0.2) is 5.82 Å². The normalized spacial score (nSPS) is 17.5. The Morgan fingerprint density at radius 3 is 2.84 bits per heavy atom. The van der Waals surface area contributed by atoms with E-state index in [1.54, 1.807) is 0 Å². The second-order valence-electron chi connectivity index (χ2n) is 6.81.